The predicted molar refractivity (Wildman–Crippen MR) is 86.2 cm³/mol. The molecule has 0 aliphatic carbocycles. The molecule has 1 aliphatic rings. The second kappa shape index (κ2) is 6.69. The molecular weight excluding hydrogens is 334 g/mol. The van der Waals surface area contributed by atoms with Crippen LogP contribution in [0.15, 0.2) is 12.1 Å². The Kier molecular flexibility index (Phi) is 5.14. The molecule has 0 radical (unpaired) electrons. The van der Waals surface area contributed by atoms with Gasteiger partial charge in [0.2, 0.25) is 5.91 Å². The van der Waals surface area contributed by atoms with Crippen LogP contribution in [0, 0.1) is 5.92 Å². The van der Waals surface area contributed by atoms with Gasteiger partial charge >= 0.3 is 0 Å². The zero-order valence-electron chi connectivity index (χ0n) is 13.0. The van der Waals surface area contributed by atoms with Crippen LogP contribution >= 0.6 is 15.9 Å². The summed E-state index contributed by atoms with van der Waals surface area (Å²) in [6, 6.07) is 4.00. The number of nitrogens with zero attached hydrogens (tertiary/aromatic N) is 1. The van der Waals surface area contributed by atoms with E-state index in [0.717, 1.165) is 24.3 Å². The Morgan fingerprint density at radius 3 is 2.29 bits per heavy atom. The maximum Gasteiger partial charge on any atom is 0.236 e. The number of rotatable bonds is 4. The van der Waals surface area contributed by atoms with Crippen LogP contribution in [-0.4, -0.2) is 36.4 Å². The van der Waals surface area contributed by atoms with Crippen molar-refractivity contribution in [2.75, 3.05) is 20.8 Å². The minimum atomic E-state index is -0.126. The van der Waals surface area contributed by atoms with E-state index in [1.807, 2.05) is 30.9 Å². The van der Waals surface area contributed by atoms with Gasteiger partial charge in [-0.15, -0.1) is 0 Å². The zero-order valence-corrected chi connectivity index (χ0v) is 14.6. The fraction of sp³-hybridized carbons (Fsp3) is 0.562. The summed E-state index contributed by atoms with van der Waals surface area (Å²) >= 11 is 3.50. The summed E-state index contributed by atoms with van der Waals surface area (Å²) in [7, 11) is 3.27. The first-order chi connectivity index (χ1) is 9.97. The summed E-state index contributed by atoms with van der Waals surface area (Å²) < 4.78 is 10.7. The van der Waals surface area contributed by atoms with Gasteiger partial charge in [-0.25, -0.2) is 0 Å². The highest BCUT2D eigenvalue weighted by Crippen LogP contribution is 2.33. The van der Waals surface area contributed by atoms with Crippen LogP contribution in [0.5, 0.6) is 11.5 Å². The molecular formula is C16H22BrNO3. The lowest BCUT2D eigenvalue weighted by molar-refractivity contribution is -0.132. The van der Waals surface area contributed by atoms with E-state index in [9.17, 15) is 4.79 Å². The van der Waals surface area contributed by atoms with Crippen molar-refractivity contribution in [3.63, 3.8) is 0 Å². The number of carbonyl (C=O) groups excluding carboxylic acids is 1. The Bertz CT molecular complexity index is 530. The highest BCUT2D eigenvalue weighted by molar-refractivity contribution is 9.10. The van der Waals surface area contributed by atoms with Crippen molar-refractivity contribution in [2.24, 2.45) is 5.92 Å². The molecule has 21 heavy (non-hydrogen) atoms. The minimum Gasteiger partial charge on any atom is -0.493 e. The molecule has 1 unspecified atom stereocenters. The standard InChI is InChI=1S/C16H22BrNO3/c1-10(2)15(17)16(19)18-6-5-11-7-13(20-3)14(21-4)8-12(11)9-18/h7-8,10,15H,5-6,9H2,1-4H3. The third-order valence-corrected chi connectivity index (χ3v) is 5.30. The van der Waals surface area contributed by atoms with E-state index in [1.165, 1.54) is 5.56 Å². The molecule has 0 fully saturated rings. The number of fused-ring (bicyclic) bond motifs is 1. The number of hydrogen-bond donors (Lipinski definition) is 0. The molecule has 4 nitrogen and oxygen atoms in total. The smallest absolute Gasteiger partial charge is 0.236 e. The lowest BCUT2D eigenvalue weighted by atomic mass is 9.98. The number of ether oxygens (including phenoxy) is 2. The average molecular weight is 356 g/mol. The topological polar surface area (TPSA) is 38.8 Å². The summed E-state index contributed by atoms with van der Waals surface area (Å²) in [6.07, 6.45) is 0.846. The average Bonchev–Trinajstić information content (AvgIpc) is 2.51. The van der Waals surface area contributed by atoms with E-state index in [4.69, 9.17) is 9.47 Å². The summed E-state index contributed by atoms with van der Waals surface area (Å²) in [5.74, 6) is 1.90. The van der Waals surface area contributed by atoms with E-state index in [-0.39, 0.29) is 16.7 Å². The highest BCUT2D eigenvalue weighted by atomic mass is 79.9. The van der Waals surface area contributed by atoms with Crippen LogP contribution in [0.3, 0.4) is 0 Å². The minimum absolute atomic E-state index is 0.126. The molecule has 116 valence electrons. The van der Waals surface area contributed by atoms with Crippen molar-refractivity contribution in [2.45, 2.75) is 31.6 Å². The number of alkyl halides is 1. The van der Waals surface area contributed by atoms with Gasteiger partial charge in [-0.3, -0.25) is 4.79 Å². The first kappa shape index (κ1) is 16.1. The maximum absolute atomic E-state index is 12.5. The monoisotopic (exact) mass is 355 g/mol. The van der Waals surface area contributed by atoms with Crippen molar-refractivity contribution in [1.82, 2.24) is 4.90 Å². The Morgan fingerprint density at radius 1 is 1.19 bits per heavy atom. The van der Waals surface area contributed by atoms with E-state index < -0.39 is 0 Å². The third kappa shape index (κ3) is 3.34. The van der Waals surface area contributed by atoms with Gasteiger partial charge in [0.1, 0.15) is 0 Å². The summed E-state index contributed by atoms with van der Waals surface area (Å²) in [5.41, 5.74) is 2.36. The molecule has 1 amide bonds. The second-order valence-corrected chi connectivity index (χ2v) is 6.62. The number of methoxy groups -OCH3 is 2. The van der Waals surface area contributed by atoms with Gasteiger partial charge in [-0.05, 0) is 35.6 Å². The maximum atomic E-state index is 12.5. The molecule has 5 heteroatoms. The van der Waals surface area contributed by atoms with Crippen LogP contribution in [0.2, 0.25) is 0 Å². The SMILES string of the molecule is COc1cc2c(cc1OC)CN(C(=O)C(Br)C(C)C)CC2. The van der Waals surface area contributed by atoms with Gasteiger partial charge in [0, 0.05) is 13.1 Å². The van der Waals surface area contributed by atoms with E-state index in [0.29, 0.717) is 12.3 Å². The van der Waals surface area contributed by atoms with Gasteiger partial charge < -0.3 is 14.4 Å². The number of carbonyl (C=O) groups is 1. The lowest BCUT2D eigenvalue weighted by Gasteiger charge is -2.32. The van der Waals surface area contributed by atoms with Crippen LogP contribution in [0.4, 0.5) is 0 Å². The molecule has 0 aromatic heterocycles. The van der Waals surface area contributed by atoms with E-state index in [2.05, 4.69) is 15.9 Å². The molecule has 1 heterocycles. The van der Waals surface area contributed by atoms with E-state index >= 15 is 0 Å². The number of amides is 1. The van der Waals surface area contributed by atoms with Gasteiger partial charge in [-0.1, -0.05) is 29.8 Å². The summed E-state index contributed by atoms with van der Waals surface area (Å²) in [5, 5.41) is 0. The Hall–Kier alpha value is -1.23. The largest absolute Gasteiger partial charge is 0.493 e. The molecule has 2 rings (SSSR count). The highest BCUT2D eigenvalue weighted by Gasteiger charge is 2.28. The Balaban J connectivity index is 2.22. The summed E-state index contributed by atoms with van der Waals surface area (Å²) in [4.78, 5) is 14.2. The van der Waals surface area contributed by atoms with Gasteiger partial charge in [0.05, 0.1) is 19.0 Å². The van der Waals surface area contributed by atoms with Crippen molar-refractivity contribution in [3.05, 3.63) is 23.3 Å². The molecule has 1 aromatic rings. The Morgan fingerprint density at radius 2 is 1.76 bits per heavy atom. The number of benzene rings is 1. The first-order valence-corrected chi connectivity index (χ1v) is 8.06. The molecule has 0 N–H and O–H groups in total. The third-order valence-electron chi connectivity index (χ3n) is 3.85. The zero-order chi connectivity index (χ0) is 15.6. The molecule has 0 spiro atoms. The second-order valence-electron chi connectivity index (χ2n) is 5.63. The van der Waals surface area contributed by atoms with Gasteiger partial charge in [0.25, 0.3) is 0 Å². The normalized spacial score (nSPS) is 15.6. The van der Waals surface area contributed by atoms with Crippen molar-refractivity contribution in [3.8, 4) is 11.5 Å². The van der Waals surface area contributed by atoms with Crippen molar-refractivity contribution < 1.29 is 14.3 Å². The predicted octanol–water partition coefficient (Wildman–Crippen LogP) is 3.01. The van der Waals surface area contributed by atoms with Crippen LogP contribution in [0.25, 0.3) is 0 Å². The molecule has 1 aromatic carbocycles. The number of hydrogen-bond acceptors (Lipinski definition) is 3. The molecule has 0 saturated heterocycles. The first-order valence-electron chi connectivity index (χ1n) is 7.14. The molecule has 1 atom stereocenters. The molecule has 0 saturated carbocycles. The van der Waals surface area contributed by atoms with Crippen LogP contribution in [-0.2, 0) is 17.8 Å². The van der Waals surface area contributed by atoms with Gasteiger partial charge in [0.15, 0.2) is 11.5 Å². The van der Waals surface area contributed by atoms with Gasteiger partial charge in [-0.2, -0.15) is 0 Å². The fourth-order valence-electron chi connectivity index (χ4n) is 2.53. The van der Waals surface area contributed by atoms with Crippen LogP contribution < -0.4 is 9.47 Å². The van der Waals surface area contributed by atoms with Crippen molar-refractivity contribution >= 4 is 21.8 Å². The summed E-state index contributed by atoms with van der Waals surface area (Å²) in [6.45, 7) is 5.46. The quantitative estimate of drug-likeness (QED) is 0.779. The molecule has 1 aliphatic heterocycles. The van der Waals surface area contributed by atoms with Crippen LogP contribution in [0.1, 0.15) is 25.0 Å². The van der Waals surface area contributed by atoms with Crippen molar-refractivity contribution in [1.29, 1.82) is 0 Å². The Labute approximate surface area is 134 Å². The van der Waals surface area contributed by atoms with E-state index in [1.54, 1.807) is 14.2 Å². The fourth-order valence-corrected chi connectivity index (χ4v) is 2.82. The molecule has 0 bridgehead atoms. The lowest BCUT2D eigenvalue weighted by Crippen LogP contribution is -2.41. The number of halogens is 1.